The van der Waals surface area contributed by atoms with Gasteiger partial charge in [0, 0.05) is 5.92 Å². The quantitative estimate of drug-likeness (QED) is 0.246. The Morgan fingerprint density at radius 1 is 0.455 bits per heavy atom. The lowest BCUT2D eigenvalue weighted by Gasteiger charge is -2.19. The zero-order valence-corrected chi connectivity index (χ0v) is 18.2. The van der Waals surface area contributed by atoms with Gasteiger partial charge < -0.3 is 0 Å². The second-order valence-electron chi connectivity index (χ2n) is 8.94. The van der Waals surface area contributed by atoms with Crippen LogP contribution in [-0.2, 0) is 0 Å². The summed E-state index contributed by atoms with van der Waals surface area (Å²) in [6.45, 7) is 0. The fourth-order valence-electron chi connectivity index (χ4n) is 5.56. The van der Waals surface area contributed by atoms with Crippen molar-refractivity contribution in [2.45, 2.75) is 5.92 Å². The molecule has 0 radical (unpaired) electrons. The molecular formula is C33H22. The highest BCUT2D eigenvalue weighted by Crippen LogP contribution is 2.44. The highest BCUT2D eigenvalue weighted by molar-refractivity contribution is 6.12. The molecule has 6 aromatic rings. The van der Waals surface area contributed by atoms with E-state index in [0.717, 1.165) is 0 Å². The third-order valence-corrected chi connectivity index (χ3v) is 7.13. The second-order valence-corrected chi connectivity index (χ2v) is 8.94. The van der Waals surface area contributed by atoms with Crippen molar-refractivity contribution >= 4 is 38.4 Å². The summed E-state index contributed by atoms with van der Waals surface area (Å²) in [6, 6.07) is 42.2. The van der Waals surface area contributed by atoms with Crippen LogP contribution in [-0.4, -0.2) is 0 Å². The first-order valence-corrected chi connectivity index (χ1v) is 11.6. The molecule has 1 atom stereocenters. The van der Waals surface area contributed by atoms with Crippen molar-refractivity contribution in [3.05, 3.63) is 138 Å². The van der Waals surface area contributed by atoms with Gasteiger partial charge in [-0.1, -0.05) is 127 Å². The van der Waals surface area contributed by atoms with E-state index in [4.69, 9.17) is 0 Å². The molecule has 0 saturated heterocycles. The molecule has 0 bridgehead atoms. The van der Waals surface area contributed by atoms with Gasteiger partial charge >= 0.3 is 0 Å². The summed E-state index contributed by atoms with van der Waals surface area (Å²) in [5.74, 6) is 0.261. The largest absolute Gasteiger partial charge is 0.0720 e. The third-order valence-electron chi connectivity index (χ3n) is 7.13. The molecule has 0 N–H and O–H groups in total. The monoisotopic (exact) mass is 418 g/mol. The number of hydrogen-bond donors (Lipinski definition) is 0. The van der Waals surface area contributed by atoms with Gasteiger partial charge in [0.15, 0.2) is 0 Å². The summed E-state index contributed by atoms with van der Waals surface area (Å²) in [7, 11) is 0. The Labute approximate surface area is 193 Å². The van der Waals surface area contributed by atoms with Gasteiger partial charge in [0.25, 0.3) is 0 Å². The van der Waals surface area contributed by atoms with Gasteiger partial charge in [-0.15, -0.1) is 0 Å². The van der Waals surface area contributed by atoms with Gasteiger partial charge in [-0.3, -0.25) is 0 Å². The summed E-state index contributed by atoms with van der Waals surface area (Å²) in [5.41, 5.74) is 6.72. The summed E-state index contributed by atoms with van der Waals surface area (Å²) < 4.78 is 0. The van der Waals surface area contributed by atoms with Gasteiger partial charge in [0.2, 0.25) is 0 Å². The fraction of sp³-hybridized carbons (Fsp3) is 0.0303. The molecule has 0 heteroatoms. The second kappa shape index (κ2) is 7.18. The number of hydrogen-bond acceptors (Lipinski definition) is 0. The average Bonchev–Trinajstić information content (AvgIpc) is 3.32. The predicted molar refractivity (Wildman–Crippen MR) is 142 cm³/mol. The van der Waals surface area contributed by atoms with E-state index in [9.17, 15) is 0 Å². The van der Waals surface area contributed by atoms with E-state index in [1.165, 1.54) is 60.1 Å². The third kappa shape index (κ3) is 2.84. The van der Waals surface area contributed by atoms with Crippen molar-refractivity contribution in [2.75, 3.05) is 0 Å². The smallest absolute Gasteiger partial charge is 0.0285 e. The van der Waals surface area contributed by atoms with Crippen LogP contribution in [0.25, 0.3) is 49.5 Å². The molecule has 0 spiro atoms. The average molecular weight is 419 g/mol. The van der Waals surface area contributed by atoms with Gasteiger partial charge in [0.1, 0.15) is 0 Å². The maximum Gasteiger partial charge on any atom is 0.0285 e. The maximum absolute atomic E-state index is 2.36. The van der Waals surface area contributed by atoms with Gasteiger partial charge in [0.05, 0.1) is 0 Å². The minimum absolute atomic E-state index is 0.261. The van der Waals surface area contributed by atoms with Crippen LogP contribution in [0.3, 0.4) is 0 Å². The summed E-state index contributed by atoms with van der Waals surface area (Å²) in [5, 5.41) is 7.82. The molecule has 1 aliphatic carbocycles. The molecule has 7 rings (SSSR count). The standard InChI is InChI=1S/C33H22/c1-2-9-25-21-26(16-15-22(25)7-1)28-19-18-24-10-5-14-32(33(24)28)30-13-6-12-29-27-11-4-3-8-23(27)17-20-31(29)30/h1-21,28H. The van der Waals surface area contributed by atoms with Crippen molar-refractivity contribution in [1.29, 1.82) is 0 Å². The Morgan fingerprint density at radius 2 is 1.18 bits per heavy atom. The zero-order valence-electron chi connectivity index (χ0n) is 18.2. The molecule has 6 aromatic carbocycles. The lowest BCUT2D eigenvalue weighted by atomic mass is 9.84. The number of allylic oxidation sites excluding steroid dienone is 1. The highest BCUT2D eigenvalue weighted by atomic mass is 14.3. The molecule has 0 saturated carbocycles. The van der Waals surface area contributed by atoms with E-state index in [0.29, 0.717) is 0 Å². The van der Waals surface area contributed by atoms with Crippen LogP contribution in [0.5, 0.6) is 0 Å². The Hall–Kier alpha value is -4.16. The van der Waals surface area contributed by atoms with Crippen LogP contribution in [0.1, 0.15) is 22.6 Å². The van der Waals surface area contributed by atoms with Crippen LogP contribution in [0, 0.1) is 0 Å². The molecule has 0 nitrogen and oxygen atoms in total. The topological polar surface area (TPSA) is 0 Å². The molecule has 0 amide bonds. The molecule has 0 fully saturated rings. The molecular weight excluding hydrogens is 396 g/mol. The first-order valence-electron chi connectivity index (χ1n) is 11.6. The number of rotatable bonds is 2. The Bertz CT molecular complexity index is 1720. The molecule has 33 heavy (non-hydrogen) atoms. The normalized spacial score (nSPS) is 14.8. The van der Waals surface area contributed by atoms with Gasteiger partial charge in [-0.25, -0.2) is 0 Å². The fourth-order valence-corrected chi connectivity index (χ4v) is 5.56. The minimum atomic E-state index is 0.261. The Kier molecular flexibility index (Phi) is 4.01. The lowest BCUT2D eigenvalue weighted by molar-refractivity contribution is 1.06. The van der Waals surface area contributed by atoms with Crippen molar-refractivity contribution in [1.82, 2.24) is 0 Å². The van der Waals surface area contributed by atoms with Crippen LogP contribution >= 0.6 is 0 Å². The van der Waals surface area contributed by atoms with Crippen LogP contribution in [0.15, 0.2) is 121 Å². The first kappa shape index (κ1) is 18.4. The molecule has 0 aromatic heterocycles. The summed E-state index contributed by atoms with van der Waals surface area (Å²) in [4.78, 5) is 0. The van der Waals surface area contributed by atoms with E-state index in [1.807, 2.05) is 0 Å². The summed E-state index contributed by atoms with van der Waals surface area (Å²) >= 11 is 0. The SMILES string of the molecule is C1=CC(c2ccc3ccccc3c2)c2c1cccc2-c1cccc2c1ccc1ccccc12. The Balaban J connectivity index is 1.46. The Morgan fingerprint density at radius 3 is 2.12 bits per heavy atom. The minimum Gasteiger partial charge on any atom is -0.0720 e. The van der Waals surface area contributed by atoms with Crippen LogP contribution < -0.4 is 0 Å². The van der Waals surface area contributed by atoms with E-state index in [2.05, 4.69) is 127 Å². The zero-order chi connectivity index (χ0) is 21.8. The molecule has 1 aliphatic rings. The van der Waals surface area contributed by atoms with Crippen molar-refractivity contribution < 1.29 is 0 Å². The van der Waals surface area contributed by atoms with Crippen LogP contribution in [0.2, 0.25) is 0 Å². The predicted octanol–water partition coefficient (Wildman–Crippen LogP) is 8.97. The summed E-state index contributed by atoms with van der Waals surface area (Å²) in [6.07, 6.45) is 4.65. The lowest BCUT2D eigenvalue weighted by Crippen LogP contribution is -1.99. The van der Waals surface area contributed by atoms with E-state index in [1.54, 1.807) is 0 Å². The number of fused-ring (bicyclic) bond motifs is 5. The van der Waals surface area contributed by atoms with Gasteiger partial charge in [-0.05, 0) is 60.1 Å². The maximum atomic E-state index is 2.36. The van der Waals surface area contributed by atoms with E-state index in [-0.39, 0.29) is 5.92 Å². The van der Waals surface area contributed by atoms with E-state index < -0.39 is 0 Å². The molecule has 154 valence electrons. The van der Waals surface area contributed by atoms with Crippen LogP contribution in [0.4, 0.5) is 0 Å². The molecule has 1 unspecified atom stereocenters. The van der Waals surface area contributed by atoms with Crippen molar-refractivity contribution in [3.63, 3.8) is 0 Å². The van der Waals surface area contributed by atoms with E-state index >= 15 is 0 Å². The number of benzene rings is 6. The van der Waals surface area contributed by atoms with Crippen molar-refractivity contribution in [2.24, 2.45) is 0 Å². The molecule has 0 heterocycles. The molecule has 0 aliphatic heterocycles. The first-order chi connectivity index (χ1) is 16.4. The van der Waals surface area contributed by atoms with Gasteiger partial charge in [-0.2, -0.15) is 0 Å². The highest BCUT2D eigenvalue weighted by Gasteiger charge is 2.24. The van der Waals surface area contributed by atoms with Crippen molar-refractivity contribution in [3.8, 4) is 11.1 Å².